The third-order valence-corrected chi connectivity index (χ3v) is 2.07. The third-order valence-electron chi connectivity index (χ3n) is 0.775. The topological polar surface area (TPSA) is 12.9 Å². The minimum Gasteiger partial charge on any atom is -0.264 e. The van der Waals surface area contributed by atoms with E-state index in [9.17, 15) is 0 Å². The van der Waals surface area contributed by atoms with Crippen LogP contribution in [-0.4, -0.2) is 4.98 Å². The maximum absolute atomic E-state index is 3.92. The summed E-state index contributed by atoms with van der Waals surface area (Å²) in [6.07, 6.45) is 3.59. The van der Waals surface area contributed by atoms with Crippen molar-refractivity contribution >= 4 is 21.7 Å². The molecule has 3 heteroatoms. The molecule has 1 rings (SSSR count). The molecule has 0 aliphatic carbocycles. The lowest BCUT2D eigenvalue weighted by atomic mass is 10.5. The molecule has 1 aromatic rings. The van der Waals surface area contributed by atoms with E-state index in [2.05, 4.69) is 13.5 Å². The van der Waals surface area contributed by atoms with Gasteiger partial charge in [-0.25, -0.2) is 0 Å². The molecular formula is C5H5NP2. The van der Waals surface area contributed by atoms with Crippen molar-refractivity contribution in [1.29, 1.82) is 0 Å². The van der Waals surface area contributed by atoms with Crippen molar-refractivity contribution in [2.45, 2.75) is 0 Å². The highest BCUT2D eigenvalue weighted by molar-refractivity contribution is 7.79. The van der Waals surface area contributed by atoms with Crippen molar-refractivity contribution in [1.82, 2.24) is 4.98 Å². The first kappa shape index (κ1) is 5.88. The van der Waals surface area contributed by atoms with Crippen LogP contribution in [0.15, 0.2) is 24.5 Å². The van der Waals surface area contributed by atoms with Crippen LogP contribution in [0.1, 0.15) is 0 Å². The van der Waals surface area contributed by atoms with Crippen LogP contribution in [0.4, 0.5) is 0 Å². The Kier molecular flexibility index (Phi) is 2.14. The Hall–Kier alpha value is -0.250. The molecule has 0 spiro atoms. The lowest BCUT2D eigenvalue weighted by molar-refractivity contribution is 1.35. The summed E-state index contributed by atoms with van der Waals surface area (Å²) >= 11 is 0. The summed E-state index contributed by atoms with van der Waals surface area (Å²) in [6, 6.07) is 3.93. The van der Waals surface area contributed by atoms with E-state index in [0.717, 1.165) is 7.87 Å². The van der Waals surface area contributed by atoms with Crippen LogP contribution in [0.3, 0.4) is 0 Å². The van der Waals surface area contributed by atoms with Crippen molar-refractivity contribution in [3.63, 3.8) is 0 Å². The Balaban J connectivity index is 2.99. The first-order valence-corrected chi connectivity index (χ1v) is 4.44. The Labute approximate surface area is 52.0 Å². The van der Waals surface area contributed by atoms with Gasteiger partial charge in [0.1, 0.15) is 0 Å². The van der Waals surface area contributed by atoms with Gasteiger partial charge in [0.05, 0.1) is 0 Å². The van der Waals surface area contributed by atoms with Gasteiger partial charge in [-0.15, -0.1) is 0 Å². The van der Waals surface area contributed by atoms with Crippen LogP contribution in [0, 0.1) is 0 Å². The molecule has 0 saturated carbocycles. The van der Waals surface area contributed by atoms with Gasteiger partial charge >= 0.3 is 0 Å². The monoisotopic (exact) mass is 141 g/mol. The number of hydrogen-bond acceptors (Lipinski definition) is 1. The lowest BCUT2D eigenvalue weighted by Crippen LogP contribution is -1.87. The predicted molar refractivity (Wildman–Crippen MR) is 39.1 cm³/mol. The second-order valence-electron chi connectivity index (χ2n) is 1.32. The van der Waals surface area contributed by atoms with Gasteiger partial charge in [-0.2, -0.15) is 0 Å². The Morgan fingerprint density at radius 3 is 2.88 bits per heavy atom. The molecule has 1 aromatic heterocycles. The minimum atomic E-state index is 1.09. The van der Waals surface area contributed by atoms with E-state index < -0.39 is 0 Å². The van der Waals surface area contributed by atoms with Gasteiger partial charge in [0.25, 0.3) is 0 Å². The van der Waals surface area contributed by atoms with Crippen LogP contribution in [-0.2, 0) is 0 Å². The second kappa shape index (κ2) is 2.91. The fourth-order valence-corrected chi connectivity index (χ4v) is 1.10. The van der Waals surface area contributed by atoms with E-state index in [4.69, 9.17) is 0 Å². The molecule has 0 bridgehead atoms. The molecule has 0 aromatic carbocycles. The molecule has 0 N–H and O–H groups in total. The van der Waals surface area contributed by atoms with Gasteiger partial charge in [-0.1, -0.05) is 8.53 Å². The van der Waals surface area contributed by atoms with E-state index >= 15 is 0 Å². The quantitative estimate of drug-likeness (QED) is 0.542. The van der Waals surface area contributed by atoms with Gasteiger partial charge in [-0.3, -0.25) is 4.98 Å². The number of aromatic nitrogens is 1. The number of rotatable bonds is 1. The number of nitrogens with zero attached hydrogens (tertiary/aromatic N) is 1. The van der Waals surface area contributed by atoms with Crippen molar-refractivity contribution in [3.05, 3.63) is 24.5 Å². The summed E-state index contributed by atoms with van der Waals surface area (Å²) < 4.78 is 0. The molecule has 0 atom stereocenters. The molecule has 1 nitrogen and oxygen atoms in total. The van der Waals surface area contributed by atoms with E-state index in [0.29, 0.717) is 0 Å². The number of pyridine rings is 1. The largest absolute Gasteiger partial charge is 0.264 e. The van der Waals surface area contributed by atoms with Gasteiger partial charge in [-0.05, 0) is 20.0 Å². The van der Waals surface area contributed by atoms with Crippen molar-refractivity contribution < 1.29 is 0 Å². The lowest BCUT2D eigenvalue weighted by Gasteiger charge is -1.83. The number of hydrogen-bond donors (Lipinski definition) is 0. The van der Waals surface area contributed by atoms with Crippen molar-refractivity contribution in [2.24, 2.45) is 0 Å². The second-order valence-corrected chi connectivity index (χ2v) is 2.73. The molecule has 0 aliphatic rings. The smallest absolute Gasteiger partial charge is 0.0389 e. The van der Waals surface area contributed by atoms with Crippen LogP contribution in [0.2, 0.25) is 0 Å². The summed E-state index contributed by atoms with van der Waals surface area (Å²) in [6.45, 7) is 0. The first-order chi connectivity index (χ1) is 3.93. The molecule has 0 saturated heterocycles. The third kappa shape index (κ3) is 1.36. The Morgan fingerprint density at radius 1 is 1.62 bits per heavy atom. The van der Waals surface area contributed by atoms with Gasteiger partial charge < -0.3 is 0 Å². The normalized spacial score (nSPS) is 9.50. The molecule has 0 fully saturated rings. The maximum Gasteiger partial charge on any atom is 0.0389 e. The molecule has 0 aliphatic heterocycles. The average Bonchev–Trinajstić information content (AvgIpc) is 1.90. The SMILES string of the molecule is P=Pc1cccnc1. The summed E-state index contributed by atoms with van der Waals surface area (Å²) in [5, 5.41) is 1.18. The average molecular weight is 141 g/mol. The Bertz CT molecular complexity index is 173. The maximum atomic E-state index is 3.92. The zero-order chi connectivity index (χ0) is 5.82. The molecule has 1 heterocycles. The standard InChI is InChI=1S/C5H5NP2/c7-8-5-2-1-3-6-4-5/h1-4,7H. The minimum absolute atomic E-state index is 1.09. The predicted octanol–water partition coefficient (Wildman–Crippen LogP) is 1.71. The van der Waals surface area contributed by atoms with Crippen LogP contribution < -0.4 is 5.30 Å². The van der Waals surface area contributed by atoms with Crippen LogP contribution in [0.5, 0.6) is 0 Å². The van der Waals surface area contributed by atoms with Gasteiger partial charge in [0, 0.05) is 17.7 Å². The van der Waals surface area contributed by atoms with E-state index in [1.807, 2.05) is 18.3 Å². The van der Waals surface area contributed by atoms with Crippen LogP contribution in [0.25, 0.3) is 0 Å². The summed E-state index contributed by atoms with van der Waals surface area (Å²) in [5.41, 5.74) is 0. The van der Waals surface area contributed by atoms with Crippen molar-refractivity contribution in [3.8, 4) is 0 Å². The fourth-order valence-electron chi connectivity index (χ4n) is 0.420. The molecule has 0 amide bonds. The summed E-state index contributed by atoms with van der Waals surface area (Å²) in [5.74, 6) is 0. The highest BCUT2D eigenvalue weighted by atomic mass is 31.7. The zero-order valence-corrected chi connectivity index (χ0v) is 6.10. The van der Waals surface area contributed by atoms with E-state index in [1.54, 1.807) is 6.20 Å². The van der Waals surface area contributed by atoms with E-state index in [-0.39, 0.29) is 0 Å². The summed E-state index contributed by atoms with van der Waals surface area (Å²) in [7, 11) is 4.43. The highest BCUT2D eigenvalue weighted by Gasteiger charge is 1.78. The molecule has 8 heavy (non-hydrogen) atoms. The zero-order valence-electron chi connectivity index (χ0n) is 4.20. The molecule has 40 valence electrons. The molecular weight excluding hydrogens is 136 g/mol. The fraction of sp³-hybridized carbons (Fsp3) is 0. The molecule has 0 radical (unpaired) electrons. The van der Waals surface area contributed by atoms with Crippen LogP contribution >= 0.6 is 16.4 Å². The highest BCUT2D eigenvalue weighted by Crippen LogP contribution is 1.98. The van der Waals surface area contributed by atoms with Gasteiger partial charge in [0.15, 0.2) is 0 Å². The molecule has 0 unspecified atom stereocenters. The summed E-state index contributed by atoms with van der Waals surface area (Å²) in [4.78, 5) is 3.92. The first-order valence-electron chi connectivity index (χ1n) is 2.21. The van der Waals surface area contributed by atoms with E-state index in [1.165, 1.54) is 5.30 Å². The Morgan fingerprint density at radius 2 is 2.50 bits per heavy atom. The van der Waals surface area contributed by atoms with Crippen molar-refractivity contribution in [2.75, 3.05) is 0 Å². The van der Waals surface area contributed by atoms with Gasteiger partial charge in [0.2, 0.25) is 0 Å².